The third kappa shape index (κ3) is 3.23. The highest BCUT2D eigenvalue weighted by Gasteiger charge is 2.11. The molecule has 2 aromatic carbocycles. The van der Waals surface area contributed by atoms with Gasteiger partial charge in [-0.1, -0.05) is 22.0 Å². The number of rotatable bonds is 5. The summed E-state index contributed by atoms with van der Waals surface area (Å²) in [7, 11) is 3.14. The molecule has 1 N–H and O–H groups in total. The highest BCUT2D eigenvalue weighted by molar-refractivity contribution is 9.10. The molecule has 0 unspecified atom stereocenters. The van der Waals surface area contributed by atoms with Gasteiger partial charge in [-0.05, 0) is 30.3 Å². The maximum absolute atomic E-state index is 12.4. The fraction of sp³-hybridized carbons (Fsp3) is 0.167. The smallest absolute Gasteiger partial charge is 0.244 e. The van der Waals surface area contributed by atoms with Crippen molar-refractivity contribution in [3.05, 3.63) is 53.1 Å². The summed E-state index contributed by atoms with van der Waals surface area (Å²) in [4.78, 5) is 12.4. The van der Waals surface area contributed by atoms with E-state index < -0.39 is 0 Å². The third-order valence-electron chi connectivity index (χ3n) is 3.76. The van der Waals surface area contributed by atoms with Crippen molar-refractivity contribution in [2.75, 3.05) is 19.5 Å². The number of fused-ring (bicyclic) bond motifs is 1. The summed E-state index contributed by atoms with van der Waals surface area (Å²) < 4.78 is 13.4. The van der Waals surface area contributed by atoms with Crippen molar-refractivity contribution in [2.45, 2.75) is 6.54 Å². The number of aromatic nitrogens is 1. The standard InChI is InChI=1S/C18H17BrN2O3/c1-23-12-6-7-15(17(10-12)24-2)20-18(22)11-21-9-8-13-14(19)4-3-5-16(13)21/h3-10H,11H2,1-2H3,(H,20,22). The molecule has 0 saturated heterocycles. The predicted octanol–water partition coefficient (Wildman–Crippen LogP) is 4.06. The van der Waals surface area contributed by atoms with E-state index in [1.54, 1.807) is 32.4 Å². The van der Waals surface area contributed by atoms with E-state index in [9.17, 15) is 4.79 Å². The number of ether oxygens (including phenoxy) is 2. The number of carbonyl (C=O) groups is 1. The lowest BCUT2D eigenvalue weighted by atomic mass is 10.2. The third-order valence-corrected chi connectivity index (χ3v) is 4.45. The zero-order valence-electron chi connectivity index (χ0n) is 13.4. The molecular weight excluding hydrogens is 372 g/mol. The molecule has 0 radical (unpaired) electrons. The lowest BCUT2D eigenvalue weighted by Gasteiger charge is -2.12. The van der Waals surface area contributed by atoms with Crippen LogP contribution in [-0.4, -0.2) is 24.7 Å². The van der Waals surface area contributed by atoms with Crippen molar-refractivity contribution in [3.8, 4) is 11.5 Å². The molecule has 1 aromatic heterocycles. The second-order valence-electron chi connectivity index (χ2n) is 5.23. The summed E-state index contributed by atoms with van der Waals surface area (Å²) in [5.41, 5.74) is 1.61. The largest absolute Gasteiger partial charge is 0.497 e. The second kappa shape index (κ2) is 6.97. The van der Waals surface area contributed by atoms with E-state index in [2.05, 4.69) is 21.2 Å². The predicted molar refractivity (Wildman–Crippen MR) is 97.8 cm³/mol. The molecule has 0 fully saturated rings. The highest BCUT2D eigenvalue weighted by Crippen LogP contribution is 2.29. The first-order chi connectivity index (χ1) is 11.6. The number of methoxy groups -OCH3 is 2. The highest BCUT2D eigenvalue weighted by atomic mass is 79.9. The molecule has 3 aromatic rings. The maximum Gasteiger partial charge on any atom is 0.244 e. The van der Waals surface area contributed by atoms with Gasteiger partial charge in [-0.3, -0.25) is 4.79 Å². The summed E-state index contributed by atoms with van der Waals surface area (Å²) in [6.07, 6.45) is 1.90. The zero-order valence-corrected chi connectivity index (χ0v) is 15.0. The molecule has 5 nitrogen and oxygen atoms in total. The summed E-state index contributed by atoms with van der Waals surface area (Å²) in [6.45, 7) is 0.217. The Hall–Kier alpha value is -2.47. The zero-order chi connectivity index (χ0) is 17.1. The SMILES string of the molecule is COc1ccc(NC(=O)Cn2ccc3c(Br)cccc32)c(OC)c1. The Bertz CT molecular complexity index is 889. The van der Waals surface area contributed by atoms with Crippen molar-refractivity contribution in [1.82, 2.24) is 4.57 Å². The Kier molecular flexibility index (Phi) is 4.76. The Morgan fingerprint density at radius 1 is 1.17 bits per heavy atom. The van der Waals surface area contributed by atoms with E-state index in [1.807, 2.05) is 35.0 Å². The number of halogens is 1. The molecule has 0 saturated carbocycles. The van der Waals surface area contributed by atoms with Crippen molar-refractivity contribution >= 4 is 38.4 Å². The van der Waals surface area contributed by atoms with Crippen molar-refractivity contribution in [1.29, 1.82) is 0 Å². The fourth-order valence-electron chi connectivity index (χ4n) is 2.57. The first-order valence-electron chi connectivity index (χ1n) is 7.37. The van der Waals surface area contributed by atoms with Gasteiger partial charge in [0.2, 0.25) is 5.91 Å². The fourth-order valence-corrected chi connectivity index (χ4v) is 3.06. The van der Waals surface area contributed by atoms with Crippen molar-refractivity contribution in [3.63, 3.8) is 0 Å². The van der Waals surface area contributed by atoms with E-state index in [0.29, 0.717) is 17.2 Å². The van der Waals surface area contributed by atoms with Crippen LogP contribution in [0.15, 0.2) is 53.1 Å². The van der Waals surface area contributed by atoms with Gasteiger partial charge in [-0.25, -0.2) is 0 Å². The van der Waals surface area contributed by atoms with Crippen LogP contribution in [-0.2, 0) is 11.3 Å². The van der Waals surface area contributed by atoms with Crippen LogP contribution in [0.1, 0.15) is 0 Å². The van der Waals surface area contributed by atoms with Gasteiger partial charge in [0.05, 0.1) is 19.9 Å². The van der Waals surface area contributed by atoms with Gasteiger partial charge in [-0.2, -0.15) is 0 Å². The van der Waals surface area contributed by atoms with Gasteiger partial charge >= 0.3 is 0 Å². The van der Waals surface area contributed by atoms with Crippen LogP contribution in [0.2, 0.25) is 0 Å². The maximum atomic E-state index is 12.4. The first-order valence-corrected chi connectivity index (χ1v) is 8.17. The lowest BCUT2D eigenvalue weighted by Crippen LogP contribution is -2.18. The summed E-state index contributed by atoms with van der Waals surface area (Å²) >= 11 is 3.52. The van der Waals surface area contributed by atoms with E-state index in [-0.39, 0.29) is 12.5 Å². The topological polar surface area (TPSA) is 52.5 Å². The molecule has 1 heterocycles. The van der Waals surface area contributed by atoms with E-state index in [1.165, 1.54) is 0 Å². The minimum atomic E-state index is -0.129. The van der Waals surface area contributed by atoms with Crippen LogP contribution in [0.3, 0.4) is 0 Å². The van der Waals surface area contributed by atoms with E-state index in [0.717, 1.165) is 15.4 Å². The Morgan fingerprint density at radius 2 is 2.00 bits per heavy atom. The van der Waals surface area contributed by atoms with Crippen LogP contribution >= 0.6 is 15.9 Å². The monoisotopic (exact) mass is 388 g/mol. The molecular formula is C18H17BrN2O3. The molecule has 24 heavy (non-hydrogen) atoms. The molecule has 0 aliphatic rings. The van der Waals surface area contributed by atoms with Crippen molar-refractivity contribution < 1.29 is 14.3 Å². The number of nitrogens with zero attached hydrogens (tertiary/aromatic N) is 1. The summed E-state index contributed by atoms with van der Waals surface area (Å²) in [6, 6.07) is 13.2. The molecule has 6 heteroatoms. The van der Waals surface area contributed by atoms with Crippen LogP contribution < -0.4 is 14.8 Å². The molecule has 0 atom stereocenters. The number of amides is 1. The average Bonchev–Trinajstić information content (AvgIpc) is 2.99. The number of nitrogens with one attached hydrogen (secondary N) is 1. The molecule has 1 amide bonds. The molecule has 0 aliphatic heterocycles. The Morgan fingerprint density at radius 3 is 2.75 bits per heavy atom. The van der Waals surface area contributed by atoms with Gasteiger partial charge in [0.25, 0.3) is 0 Å². The normalized spacial score (nSPS) is 10.6. The average molecular weight is 389 g/mol. The van der Waals surface area contributed by atoms with Gasteiger partial charge in [0.1, 0.15) is 18.0 Å². The van der Waals surface area contributed by atoms with Crippen LogP contribution in [0.25, 0.3) is 10.9 Å². The Labute approximate surface area is 148 Å². The van der Waals surface area contributed by atoms with Crippen LogP contribution in [0.5, 0.6) is 11.5 Å². The molecule has 3 rings (SSSR count). The van der Waals surface area contributed by atoms with E-state index >= 15 is 0 Å². The van der Waals surface area contributed by atoms with Crippen LogP contribution in [0.4, 0.5) is 5.69 Å². The van der Waals surface area contributed by atoms with Gasteiger partial charge in [0.15, 0.2) is 0 Å². The number of carbonyl (C=O) groups excluding carboxylic acids is 1. The minimum Gasteiger partial charge on any atom is -0.497 e. The lowest BCUT2D eigenvalue weighted by molar-refractivity contribution is -0.116. The minimum absolute atomic E-state index is 0.129. The number of hydrogen-bond donors (Lipinski definition) is 1. The second-order valence-corrected chi connectivity index (χ2v) is 6.09. The van der Waals surface area contributed by atoms with Gasteiger partial charge in [-0.15, -0.1) is 0 Å². The molecule has 0 bridgehead atoms. The van der Waals surface area contributed by atoms with Crippen molar-refractivity contribution in [2.24, 2.45) is 0 Å². The number of hydrogen-bond acceptors (Lipinski definition) is 3. The van der Waals surface area contributed by atoms with E-state index in [4.69, 9.17) is 9.47 Å². The van der Waals surface area contributed by atoms with Gasteiger partial charge < -0.3 is 19.4 Å². The molecule has 0 aliphatic carbocycles. The first kappa shape index (κ1) is 16.4. The number of anilines is 1. The summed E-state index contributed by atoms with van der Waals surface area (Å²) in [5.74, 6) is 1.10. The van der Waals surface area contributed by atoms with Crippen LogP contribution in [0, 0.1) is 0 Å². The molecule has 0 spiro atoms. The Balaban J connectivity index is 1.79. The quantitative estimate of drug-likeness (QED) is 0.716. The summed E-state index contributed by atoms with van der Waals surface area (Å²) in [5, 5.41) is 3.95. The van der Waals surface area contributed by atoms with Gasteiger partial charge in [0, 0.05) is 27.6 Å². The molecule has 124 valence electrons. The number of benzene rings is 2.